The first-order valence-electron chi connectivity index (χ1n) is 7.54. The van der Waals surface area contributed by atoms with Gasteiger partial charge in [-0.05, 0) is 42.3 Å². The van der Waals surface area contributed by atoms with Gasteiger partial charge in [-0.3, -0.25) is 4.79 Å². The average Bonchev–Trinajstić information content (AvgIpc) is 2.60. The molecule has 2 aromatic carbocycles. The van der Waals surface area contributed by atoms with Crippen molar-refractivity contribution in [3.63, 3.8) is 0 Å². The Morgan fingerprint density at radius 3 is 2.88 bits per heavy atom. The van der Waals surface area contributed by atoms with Crippen LogP contribution >= 0.6 is 15.9 Å². The molecule has 1 N–H and O–H groups in total. The highest BCUT2D eigenvalue weighted by molar-refractivity contribution is 9.10. The molecule has 126 valence electrons. The second kappa shape index (κ2) is 9.08. The van der Waals surface area contributed by atoms with Crippen LogP contribution in [0.25, 0.3) is 0 Å². The van der Waals surface area contributed by atoms with Crippen LogP contribution in [0, 0.1) is 0 Å². The molecule has 0 saturated heterocycles. The van der Waals surface area contributed by atoms with Gasteiger partial charge in [0.15, 0.2) is 0 Å². The van der Waals surface area contributed by atoms with Crippen LogP contribution in [0.1, 0.15) is 29.3 Å². The number of nitrogens with one attached hydrogen (secondary N) is 1. The first-order valence-corrected chi connectivity index (χ1v) is 8.33. The Morgan fingerprint density at radius 1 is 1.29 bits per heavy atom. The van der Waals surface area contributed by atoms with Gasteiger partial charge >= 0.3 is 0 Å². The molecule has 0 aliphatic rings. The van der Waals surface area contributed by atoms with Crippen molar-refractivity contribution in [3.05, 3.63) is 58.1 Å². The monoisotopic (exact) mass is 390 g/mol. The van der Waals surface area contributed by atoms with Crippen molar-refractivity contribution in [1.29, 1.82) is 0 Å². The second-order valence-electron chi connectivity index (χ2n) is 4.96. The first-order chi connectivity index (χ1) is 11.6. The summed E-state index contributed by atoms with van der Waals surface area (Å²) in [6.45, 7) is 2.72. The molecule has 0 aromatic heterocycles. The Kier molecular flexibility index (Phi) is 6.81. The molecule has 0 radical (unpaired) electrons. The number of methoxy groups -OCH3 is 1. The molecule has 0 bridgehead atoms. The lowest BCUT2D eigenvalue weighted by molar-refractivity contribution is 0.0952. The van der Waals surface area contributed by atoms with Gasteiger partial charge in [0.25, 0.3) is 5.91 Å². The fourth-order valence-corrected chi connectivity index (χ4v) is 2.35. The van der Waals surface area contributed by atoms with Crippen molar-refractivity contribution in [2.75, 3.05) is 13.7 Å². The van der Waals surface area contributed by atoms with Gasteiger partial charge in [-0.2, -0.15) is 5.10 Å². The standard InChI is InChI=1S/C18H19BrN2O3/c1-3-9-24-15-6-4-5-13(10-15)12-20-21-18(22)16-11-14(19)7-8-17(16)23-2/h4-8,10-12H,3,9H2,1-2H3,(H,21,22)/b20-12-. The zero-order chi connectivity index (χ0) is 17.4. The summed E-state index contributed by atoms with van der Waals surface area (Å²) in [6, 6.07) is 12.7. The largest absolute Gasteiger partial charge is 0.496 e. The van der Waals surface area contributed by atoms with Crippen molar-refractivity contribution in [2.45, 2.75) is 13.3 Å². The summed E-state index contributed by atoms with van der Waals surface area (Å²) >= 11 is 3.34. The predicted octanol–water partition coefficient (Wildman–Crippen LogP) is 4.01. The van der Waals surface area contributed by atoms with Crippen molar-refractivity contribution in [3.8, 4) is 11.5 Å². The van der Waals surface area contributed by atoms with Gasteiger partial charge in [0.05, 0.1) is 25.5 Å². The van der Waals surface area contributed by atoms with Crippen LogP contribution in [0.15, 0.2) is 52.0 Å². The van der Waals surface area contributed by atoms with Crippen LogP contribution in [0.2, 0.25) is 0 Å². The lowest BCUT2D eigenvalue weighted by atomic mass is 10.2. The van der Waals surface area contributed by atoms with E-state index in [2.05, 4.69) is 33.4 Å². The van der Waals surface area contributed by atoms with E-state index in [-0.39, 0.29) is 5.91 Å². The minimum absolute atomic E-state index is 0.345. The molecule has 24 heavy (non-hydrogen) atoms. The Bertz CT molecular complexity index is 732. The Balaban J connectivity index is 2.03. The molecular formula is C18H19BrN2O3. The molecule has 0 atom stereocenters. The lowest BCUT2D eigenvalue weighted by Gasteiger charge is -2.07. The third-order valence-corrected chi connectivity index (χ3v) is 3.61. The fraction of sp³-hybridized carbons (Fsp3) is 0.222. The molecule has 5 nitrogen and oxygen atoms in total. The first kappa shape index (κ1) is 18.0. The number of benzene rings is 2. The summed E-state index contributed by atoms with van der Waals surface area (Å²) in [6.07, 6.45) is 2.52. The van der Waals surface area contributed by atoms with Gasteiger partial charge < -0.3 is 9.47 Å². The molecular weight excluding hydrogens is 372 g/mol. The Labute approximate surface area is 149 Å². The molecule has 0 saturated carbocycles. The van der Waals surface area contributed by atoms with Gasteiger partial charge in [-0.15, -0.1) is 0 Å². The molecule has 0 aliphatic heterocycles. The van der Waals surface area contributed by atoms with E-state index in [1.54, 1.807) is 24.4 Å². The number of rotatable bonds is 7. The number of halogens is 1. The third-order valence-electron chi connectivity index (χ3n) is 3.12. The number of hydrazone groups is 1. The molecule has 0 fully saturated rings. The van der Waals surface area contributed by atoms with E-state index < -0.39 is 0 Å². The molecule has 0 unspecified atom stereocenters. The number of carbonyl (C=O) groups is 1. The van der Waals surface area contributed by atoms with Gasteiger partial charge in [0, 0.05) is 4.47 Å². The Hall–Kier alpha value is -2.34. The topological polar surface area (TPSA) is 59.9 Å². The molecule has 2 aromatic rings. The molecule has 1 amide bonds. The molecule has 0 heterocycles. The minimum atomic E-state index is -0.345. The summed E-state index contributed by atoms with van der Waals surface area (Å²) in [7, 11) is 1.52. The molecule has 0 spiro atoms. The van der Waals surface area contributed by atoms with Crippen LogP contribution in [-0.2, 0) is 0 Å². The molecule has 0 aliphatic carbocycles. The maximum atomic E-state index is 12.2. The van der Waals surface area contributed by atoms with Crippen LogP contribution in [0.3, 0.4) is 0 Å². The van der Waals surface area contributed by atoms with Gasteiger partial charge in [-0.25, -0.2) is 5.43 Å². The summed E-state index contributed by atoms with van der Waals surface area (Å²) in [5.41, 5.74) is 3.75. The van der Waals surface area contributed by atoms with E-state index in [9.17, 15) is 4.79 Å². The highest BCUT2D eigenvalue weighted by Gasteiger charge is 2.11. The Morgan fingerprint density at radius 2 is 2.12 bits per heavy atom. The predicted molar refractivity (Wildman–Crippen MR) is 98.0 cm³/mol. The quantitative estimate of drug-likeness (QED) is 0.573. The number of nitrogens with zero attached hydrogens (tertiary/aromatic N) is 1. The molecule has 6 heteroatoms. The van der Waals surface area contributed by atoms with E-state index in [0.717, 1.165) is 22.2 Å². The normalized spacial score (nSPS) is 10.6. The van der Waals surface area contributed by atoms with E-state index >= 15 is 0 Å². The lowest BCUT2D eigenvalue weighted by Crippen LogP contribution is -2.18. The maximum absolute atomic E-state index is 12.2. The second-order valence-corrected chi connectivity index (χ2v) is 5.88. The summed E-state index contributed by atoms with van der Waals surface area (Å²) in [4.78, 5) is 12.2. The number of amides is 1. The van der Waals surface area contributed by atoms with Crippen molar-refractivity contribution in [1.82, 2.24) is 5.43 Å². The van der Waals surface area contributed by atoms with Crippen LogP contribution < -0.4 is 14.9 Å². The van der Waals surface area contributed by atoms with E-state index in [0.29, 0.717) is 17.9 Å². The smallest absolute Gasteiger partial charge is 0.275 e. The van der Waals surface area contributed by atoms with Gasteiger partial charge in [-0.1, -0.05) is 35.0 Å². The minimum Gasteiger partial charge on any atom is -0.496 e. The third kappa shape index (κ3) is 5.09. The number of hydrogen-bond acceptors (Lipinski definition) is 4. The van der Waals surface area contributed by atoms with E-state index in [1.165, 1.54) is 7.11 Å². The zero-order valence-electron chi connectivity index (χ0n) is 13.6. The van der Waals surface area contributed by atoms with Crippen LogP contribution in [0.4, 0.5) is 0 Å². The number of hydrogen-bond donors (Lipinski definition) is 1. The van der Waals surface area contributed by atoms with Gasteiger partial charge in [0.1, 0.15) is 11.5 Å². The maximum Gasteiger partial charge on any atom is 0.275 e. The summed E-state index contributed by atoms with van der Waals surface area (Å²) < 4.78 is 11.5. The fourth-order valence-electron chi connectivity index (χ4n) is 1.99. The summed E-state index contributed by atoms with van der Waals surface area (Å²) in [5, 5.41) is 3.99. The SMILES string of the molecule is CCCOc1cccc(/C=N\NC(=O)c2cc(Br)ccc2OC)c1. The van der Waals surface area contributed by atoms with Crippen LogP contribution in [0.5, 0.6) is 11.5 Å². The molecule has 2 rings (SSSR count). The number of ether oxygens (including phenoxy) is 2. The van der Waals surface area contributed by atoms with Crippen molar-refractivity contribution >= 4 is 28.1 Å². The highest BCUT2D eigenvalue weighted by atomic mass is 79.9. The highest BCUT2D eigenvalue weighted by Crippen LogP contribution is 2.22. The van der Waals surface area contributed by atoms with Crippen LogP contribution in [-0.4, -0.2) is 25.8 Å². The van der Waals surface area contributed by atoms with Crippen molar-refractivity contribution < 1.29 is 14.3 Å². The van der Waals surface area contributed by atoms with Gasteiger partial charge in [0.2, 0.25) is 0 Å². The average molecular weight is 391 g/mol. The van der Waals surface area contributed by atoms with E-state index in [1.807, 2.05) is 24.3 Å². The zero-order valence-corrected chi connectivity index (χ0v) is 15.2. The van der Waals surface area contributed by atoms with E-state index in [4.69, 9.17) is 9.47 Å². The summed E-state index contributed by atoms with van der Waals surface area (Å²) in [5.74, 6) is 0.921. The number of carbonyl (C=O) groups excluding carboxylic acids is 1. The van der Waals surface area contributed by atoms with Crippen molar-refractivity contribution in [2.24, 2.45) is 5.10 Å².